The van der Waals surface area contributed by atoms with Crippen LogP contribution < -0.4 is 5.32 Å². The van der Waals surface area contributed by atoms with Crippen LogP contribution in [-0.4, -0.2) is 41.9 Å². The zero-order chi connectivity index (χ0) is 15.2. The number of nitrogens with one attached hydrogen (secondary N) is 1. The number of carbonyl (C=O) groups is 1. The molecule has 0 aliphatic heterocycles. The third-order valence-corrected chi connectivity index (χ3v) is 5.19. The first-order valence-electron chi connectivity index (χ1n) is 7.76. The molecule has 1 saturated carbocycles. The molecule has 116 valence electrons. The van der Waals surface area contributed by atoms with Crippen LogP contribution in [0.3, 0.4) is 0 Å². The average molecular weight is 306 g/mol. The Labute approximate surface area is 132 Å². The van der Waals surface area contributed by atoms with Crippen molar-refractivity contribution in [1.82, 2.24) is 10.2 Å². The summed E-state index contributed by atoms with van der Waals surface area (Å²) in [7, 11) is 4.10. The van der Waals surface area contributed by atoms with Crippen LogP contribution in [-0.2, 0) is 6.54 Å². The van der Waals surface area contributed by atoms with Crippen molar-refractivity contribution in [2.75, 3.05) is 19.8 Å². The lowest BCUT2D eigenvalue weighted by Crippen LogP contribution is -2.38. The van der Waals surface area contributed by atoms with Crippen molar-refractivity contribution >= 4 is 17.7 Å². The number of carbonyl (C=O) groups excluding carboxylic acids is 1. The van der Waals surface area contributed by atoms with Crippen molar-refractivity contribution < 1.29 is 4.79 Å². The van der Waals surface area contributed by atoms with E-state index in [1.165, 1.54) is 18.4 Å². The van der Waals surface area contributed by atoms with Gasteiger partial charge in [-0.3, -0.25) is 4.79 Å². The molecule has 2 rings (SSSR count). The number of rotatable bonds is 6. The molecule has 4 heteroatoms. The number of thioether (sulfide) groups is 1. The van der Waals surface area contributed by atoms with E-state index in [9.17, 15) is 4.79 Å². The molecule has 0 spiro atoms. The van der Waals surface area contributed by atoms with Gasteiger partial charge in [0.05, 0.1) is 0 Å². The van der Waals surface area contributed by atoms with Crippen molar-refractivity contribution in [3.8, 4) is 0 Å². The highest BCUT2D eigenvalue weighted by atomic mass is 32.2. The van der Waals surface area contributed by atoms with Crippen LogP contribution in [0.4, 0.5) is 0 Å². The van der Waals surface area contributed by atoms with Gasteiger partial charge in [0.25, 0.3) is 5.91 Å². The summed E-state index contributed by atoms with van der Waals surface area (Å²) >= 11 is 1.97. The summed E-state index contributed by atoms with van der Waals surface area (Å²) in [6, 6.07) is 8.30. The van der Waals surface area contributed by atoms with Crippen LogP contribution in [0.15, 0.2) is 24.3 Å². The van der Waals surface area contributed by atoms with Crippen molar-refractivity contribution in [1.29, 1.82) is 0 Å². The van der Waals surface area contributed by atoms with E-state index in [0.717, 1.165) is 24.3 Å². The Hall–Kier alpha value is -1.00. The van der Waals surface area contributed by atoms with Crippen LogP contribution in [0.1, 0.15) is 42.1 Å². The number of benzene rings is 1. The first-order chi connectivity index (χ1) is 10.1. The maximum atomic E-state index is 12.4. The lowest BCUT2D eigenvalue weighted by atomic mass is 10.1. The van der Waals surface area contributed by atoms with Crippen LogP contribution in [0.25, 0.3) is 0 Å². The highest BCUT2D eigenvalue weighted by molar-refractivity contribution is 7.99. The summed E-state index contributed by atoms with van der Waals surface area (Å²) in [4.78, 5) is 14.5. The number of hydrogen-bond acceptors (Lipinski definition) is 3. The van der Waals surface area contributed by atoms with E-state index >= 15 is 0 Å². The molecule has 21 heavy (non-hydrogen) atoms. The second-order valence-corrected chi connectivity index (χ2v) is 7.46. The Bertz CT molecular complexity index is 458. The number of amides is 1. The summed E-state index contributed by atoms with van der Waals surface area (Å²) in [5.74, 6) is 1.19. The third-order valence-electron chi connectivity index (χ3n) is 3.86. The largest absolute Gasteiger partial charge is 0.348 e. The van der Waals surface area contributed by atoms with Crippen LogP contribution in [0.5, 0.6) is 0 Å². The topological polar surface area (TPSA) is 32.3 Å². The van der Waals surface area contributed by atoms with E-state index in [1.807, 2.05) is 50.1 Å². The maximum Gasteiger partial charge on any atom is 0.251 e. The summed E-state index contributed by atoms with van der Waals surface area (Å²) in [5, 5.41) is 3.81. The molecule has 1 fully saturated rings. The Balaban J connectivity index is 1.93. The summed E-state index contributed by atoms with van der Waals surface area (Å²) < 4.78 is 0. The van der Waals surface area contributed by atoms with Crippen molar-refractivity contribution in [2.45, 2.75) is 44.0 Å². The zero-order valence-corrected chi connectivity index (χ0v) is 14.1. The zero-order valence-electron chi connectivity index (χ0n) is 13.3. The molecule has 1 aliphatic rings. The predicted octanol–water partition coefficient (Wildman–Crippen LogP) is 3.15. The standard InChI is InChI=1S/C17H26N2OS/c1-4-21-16-7-5-6-15(16)18-17(20)14-10-8-13(9-11-14)12-19(2)3/h8-11,15-16H,4-7,12H2,1-3H3,(H,18,20)/t15-,16+/m0/s1. The van der Waals surface area contributed by atoms with E-state index in [-0.39, 0.29) is 5.91 Å². The van der Waals surface area contributed by atoms with E-state index in [2.05, 4.69) is 17.1 Å². The van der Waals surface area contributed by atoms with Gasteiger partial charge in [0.2, 0.25) is 0 Å². The Kier molecular flexibility index (Phi) is 6.12. The van der Waals surface area contributed by atoms with Gasteiger partial charge in [-0.15, -0.1) is 0 Å². The average Bonchev–Trinajstić information content (AvgIpc) is 2.86. The van der Waals surface area contributed by atoms with Crippen LogP contribution >= 0.6 is 11.8 Å². The fourth-order valence-corrected chi connectivity index (χ4v) is 4.08. The SMILES string of the molecule is CCS[C@@H]1CCC[C@@H]1NC(=O)c1ccc(CN(C)C)cc1. The molecular weight excluding hydrogens is 280 g/mol. The number of hydrogen-bond donors (Lipinski definition) is 1. The van der Waals surface area contributed by atoms with Crippen molar-refractivity contribution in [3.63, 3.8) is 0 Å². The van der Waals surface area contributed by atoms with Gasteiger partial charge in [-0.1, -0.05) is 25.5 Å². The molecule has 0 unspecified atom stereocenters. The smallest absolute Gasteiger partial charge is 0.251 e. The van der Waals surface area contributed by atoms with Crippen molar-refractivity contribution in [2.24, 2.45) is 0 Å². The monoisotopic (exact) mass is 306 g/mol. The Morgan fingerprint density at radius 1 is 1.29 bits per heavy atom. The molecule has 1 aromatic carbocycles. The third kappa shape index (κ3) is 4.75. The lowest BCUT2D eigenvalue weighted by Gasteiger charge is -2.20. The fraction of sp³-hybridized carbons (Fsp3) is 0.588. The van der Waals surface area contributed by atoms with Gasteiger partial charge in [-0.05, 0) is 50.4 Å². The molecule has 1 amide bonds. The highest BCUT2D eigenvalue weighted by Crippen LogP contribution is 2.30. The maximum absolute atomic E-state index is 12.4. The highest BCUT2D eigenvalue weighted by Gasteiger charge is 2.28. The van der Waals surface area contributed by atoms with E-state index < -0.39 is 0 Å². The first kappa shape index (κ1) is 16.4. The minimum Gasteiger partial charge on any atom is -0.348 e. The molecule has 0 radical (unpaired) electrons. The van der Waals surface area contributed by atoms with Gasteiger partial charge in [-0.2, -0.15) is 11.8 Å². The number of nitrogens with zero attached hydrogens (tertiary/aromatic N) is 1. The molecule has 1 N–H and O–H groups in total. The van der Waals surface area contributed by atoms with Crippen LogP contribution in [0, 0.1) is 0 Å². The van der Waals surface area contributed by atoms with Gasteiger partial charge >= 0.3 is 0 Å². The fourth-order valence-electron chi connectivity index (χ4n) is 2.88. The normalized spacial score (nSPS) is 21.7. The molecule has 1 aliphatic carbocycles. The molecular formula is C17H26N2OS. The van der Waals surface area contributed by atoms with Gasteiger partial charge in [0, 0.05) is 23.4 Å². The lowest BCUT2D eigenvalue weighted by molar-refractivity contribution is 0.0938. The molecule has 1 aromatic rings. The van der Waals surface area contributed by atoms with Gasteiger partial charge in [-0.25, -0.2) is 0 Å². The molecule has 2 atom stereocenters. The summed E-state index contributed by atoms with van der Waals surface area (Å²) in [5.41, 5.74) is 2.00. The van der Waals surface area contributed by atoms with E-state index in [1.54, 1.807) is 0 Å². The van der Waals surface area contributed by atoms with Gasteiger partial charge in [0.1, 0.15) is 0 Å². The second kappa shape index (κ2) is 7.85. The van der Waals surface area contributed by atoms with E-state index in [0.29, 0.717) is 11.3 Å². The molecule has 0 saturated heterocycles. The van der Waals surface area contributed by atoms with Crippen LogP contribution in [0.2, 0.25) is 0 Å². The molecule has 0 heterocycles. The Morgan fingerprint density at radius 2 is 2.00 bits per heavy atom. The van der Waals surface area contributed by atoms with Gasteiger partial charge < -0.3 is 10.2 Å². The van der Waals surface area contributed by atoms with Gasteiger partial charge in [0.15, 0.2) is 0 Å². The summed E-state index contributed by atoms with van der Waals surface area (Å²) in [6.07, 6.45) is 3.57. The quantitative estimate of drug-likeness (QED) is 0.876. The minimum absolute atomic E-state index is 0.0695. The van der Waals surface area contributed by atoms with E-state index in [4.69, 9.17) is 0 Å². The van der Waals surface area contributed by atoms with Crippen molar-refractivity contribution in [3.05, 3.63) is 35.4 Å². The second-order valence-electron chi connectivity index (χ2n) is 5.94. The summed E-state index contributed by atoms with van der Waals surface area (Å²) in [6.45, 7) is 3.09. The first-order valence-corrected chi connectivity index (χ1v) is 8.81. The molecule has 0 aromatic heterocycles. The minimum atomic E-state index is 0.0695. The predicted molar refractivity (Wildman–Crippen MR) is 90.9 cm³/mol. The molecule has 0 bridgehead atoms. The Morgan fingerprint density at radius 3 is 2.62 bits per heavy atom. The molecule has 3 nitrogen and oxygen atoms in total.